The van der Waals surface area contributed by atoms with E-state index in [4.69, 9.17) is 18.9 Å². The fourth-order valence-electron chi connectivity index (χ4n) is 8.69. The van der Waals surface area contributed by atoms with E-state index in [0.717, 1.165) is 6.54 Å². The Morgan fingerprint density at radius 1 is 0.933 bits per heavy atom. The maximum Gasteiger partial charge on any atom is 0.312 e. The Hall–Kier alpha value is -4.83. The van der Waals surface area contributed by atoms with Gasteiger partial charge < -0.3 is 54.7 Å². The van der Waals surface area contributed by atoms with Crippen LogP contribution in [0.2, 0.25) is 0 Å². The largest absolute Gasteiger partial charge is 0.507 e. The van der Waals surface area contributed by atoms with E-state index in [1.165, 1.54) is 46.3 Å². The molecule has 15 nitrogen and oxygen atoms in total. The van der Waals surface area contributed by atoms with Crippen molar-refractivity contribution in [2.24, 2.45) is 29.6 Å². The number of allylic oxidation sites excluding steroid dienone is 2. The number of phenols is 3. The molecule has 330 valence electrons. The number of hydrogen-bond donors (Lipinski definition) is 6. The molecule has 5 bridgehead atoms. The number of nitrogens with one attached hydrogen (secondary N) is 1. The van der Waals surface area contributed by atoms with Crippen molar-refractivity contribution in [1.29, 1.82) is 0 Å². The lowest BCUT2D eigenvalue weighted by atomic mass is 9.78. The lowest BCUT2D eigenvalue weighted by molar-refractivity contribution is -0.160. The Morgan fingerprint density at radius 2 is 1.58 bits per heavy atom. The molecule has 4 aliphatic rings. The van der Waals surface area contributed by atoms with Crippen LogP contribution in [0.4, 0.5) is 11.4 Å². The van der Waals surface area contributed by atoms with Gasteiger partial charge in [0.2, 0.25) is 0 Å². The van der Waals surface area contributed by atoms with Crippen molar-refractivity contribution in [3.63, 3.8) is 0 Å². The van der Waals surface area contributed by atoms with Crippen LogP contribution in [0, 0.1) is 36.5 Å². The molecule has 60 heavy (non-hydrogen) atoms. The van der Waals surface area contributed by atoms with Gasteiger partial charge in [0.15, 0.2) is 5.75 Å². The number of aliphatic hydroxyl groups is 2. The number of ketones is 1. The number of nitrogens with zero attached hydrogens (tertiary/aromatic N) is 2. The Morgan fingerprint density at radius 3 is 2.18 bits per heavy atom. The van der Waals surface area contributed by atoms with Crippen molar-refractivity contribution in [3.8, 4) is 23.0 Å². The molecule has 0 saturated carbocycles. The number of rotatable bonds is 5. The van der Waals surface area contributed by atoms with Crippen LogP contribution in [0.5, 0.6) is 23.0 Å². The summed E-state index contributed by atoms with van der Waals surface area (Å²) < 4.78 is 23.7. The average Bonchev–Trinajstić information content (AvgIpc) is 3.46. The molecule has 1 saturated heterocycles. The zero-order valence-electron chi connectivity index (χ0n) is 36.6. The normalized spacial score (nSPS) is 31.7. The zero-order valence-corrected chi connectivity index (χ0v) is 36.6. The summed E-state index contributed by atoms with van der Waals surface area (Å²) in [5.41, 5.74) is 0.0871. The molecule has 9 atom stereocenters. The van der Waals surface area contributed by atoms with E-state index in [-0.39, 0.29) is 44.6 Å². The minimum absolute atomic E-state index is 0.0592. The van der Waals surface area contributed by atoms with E-state index < -0.39 is 88.8 Å². The summed E-state index contributed by atoms with van der Waals surface area (Å²) in [5, 5.41) is 61.4. The molecule has 0 aromatic heterocycles. The number of ether oxygens (including phenoxy) is 4. The molecule has 0 radical (unpaired) electrons. The van der Waals surface area contributed by atoms with Gasteiger partial charge in [-0.3, -0.25) is 19.3 Å². The predicted octanol–water partition coefficient (Wildman–Crippen LogP) is 5.53. The van der Waals surface area contributed by atoms with Crippen molar-refractivity contribution < 1.29 is 58.9 Å². The Bertz CT molecular complexity index is 2050. The number of Topliss-reactive ketones (excluding diaryl/α,β-unsaturated/α-hetero) is 1. The number of carbonyl (C=O) groups is 3. The Balaban J connectivity index is 1.70. The number of carbonyl (C=O) groups excluding carboxylic acids is 3. The maximum absolute atomic E-state index is 14.5. The van der Waals surface area contributed by atoms with Gasteiger partial charge in [0, 0.05) is 93.9 Å². The highest BCUT2D eigenvalue weighted by Crippen LogP contribution is 2.57. The number of anilines is 2. The highest BCUT2D eigenvalue weighted by Gasteiger charge is 2.50. The number of aliphatic hydroxyl groups excluding tert-OH is 2. The second kappa shape index (κ2) is 18.4. The summed E-state index contributed by atoms with van der Waals surface area (Å²) in [6, 6.07) is 0. The van der Waals surface area contributed by atoms with Crippen LogP contribution in [0.25, 0.3) is 10.8 Å². The molecule has 15 heteroatoms. The Labute approximate surface area is 352 Å². The molecule has 0 aliphatic carbocycles. The first-order chi connectivity index (χ1) is 28.1. The molecular weight excluding hydrogens is 775 g/mol. The third-order valence-electron chi connectivity index (χ3n) is 12.3. The number of phenolic OH excluding ortho intramolecular Hbond substituents is 3. The first kappa shape index (κ1) is 46.2. The van der Waals surface area contributed by atoms with E-state index in [2.05, 4.69) is 24.1 Å². The van der Waals surface area contributed by atoms with E-state index in [1.54, 1.807) is 46.8 Å². The number of piperazine rings is 1. The zero-order chi connectivity index (χ0) is 44.5. The van der Waals surface area contributed by atoms with Gasteiger partial charge in [-0.2, -0.15) is 0 Å². The molecule has 0 spiro atoms. The second-order valence-electron chi connectivity index (χ2n) is 17.2. The number of aromatic hydroxyl groups is 3. The van der Waals surface area contributed by atoms with Crippen molar-refractivity contribution in [2.75, 3.05) is 50.1 Å². The van der Waals surface area contributed by atoms with Gasteiger partial charge in [-0.25, -0.2) is 0 Å². The molecule has 2 aromatic carbocycles. The van der Waals surface area contributed by atoms with Gasteiger partial charge in [0.25, 0.3) is 11.7 Å². The topological polar surface area (TPSA) is 208 Å². The second-order valence-corrected chi connectivity index (χ2v) is 17.2. The van der Waals surface area contributed by atoms with Crippen LogP contribution in [0.3, 0.4) is 0 Å². The van der Waals surface area contributed by atoms with Crippen LogP contribution in [0.15, 0.2) is 36.1 Å². The predicted molar refractivity (Wildman–Crippen MR) is 227 cm³/mol. The summed E-state index contributed by atoms with van der Waals surface area (Å²) in [7, 11) is 1.45. The van der Waals surface area contributed by atoms with Crippen molar-refractivity contribution in [2.45, 2.75) is 99.4 Å². The molecule has 1 fully saturated rings. The fourth-order valence-corrected chi connectivity index (χ4v) is 8.69. The number of benzene rings is 2. The summed E-state index contributed by atoms with van der Waals surface area (Å²) in [6.07, 6.45) is 3.73. The minimum atomic E-state index is -2.02. The van der Waals surface area contributed by atoms with Crippen molar-refractivity contribution in [3.05, 3.63) is 47.3 Å². The van der Waals surface area contributed by atoms with Gasteiger partial charge in [0.1, 0.15) is 34.7 Å². The standard InChI is InChI=1S/C45H63N3O12/c1-22(2)21-47-16-18-48(19-17-47)35-34-39(53)32-31(40(35)54)33-42(28(8)38(32)52)60-45(10,43(33)55)58-20-15-30(57-11)25(5)41(59-29(9)49)27(7)37(51)26(6)36(50)23(3)13-12-14-24(4)44(56)46-34/h12-15,20,22-23,25-27,30,36-37,41,50-54H,16-19,21H2,1-11H3,(H,46,56)/b13-12+,20-15+,24-14-/t23-,25+,26+,27+,30-,36-,37+,41+,45-/m0/s1. The van der Waals surface area contributed by atoms with E-state index in [0.29, 0.717) is 32.1 Å². The van der Waals surface area contributed by atoms with E-state index in [1.807, 2.05) is 4.90 Å². The van der Waals surface area contributed by atoms with Crippen LogP contribution in [0.1, 0.15) is 78.2 Å². The van der Waals surface area contributed by atoms with E-state index >= 15 is 0 Å². The summed E-state index contributed by atoms with van der Waals surface area (Å²) in [5.74, 6) is -7.50. The highest BCUT2D eigenvalue weighted by atomic mass is 16.7. The molecule has 0 unspecified atom stereocenters. The third-order valence-corrected chi connectivity index (χ3v) is 12.3. The summed E-state index contributed by atoms with van der Waals surface area (Å²) >= 11 is 0. The van der Waals surface area contributed by atoms with Crippen LogP contribution < -0.4 is 15.0 Å². The molecular formula is C45H63N3O12. The SMILES string of the molecule is CO[C@H]1/C=C/O[C@@]2(C)Oc3c(C)c(O)c4c(O)c(c(N5CCN(CC(C)C)CC5)c(O)c4c3C2=O)NC(=O)/C(C)=C\C=C\[C@H](C)[C@H](O)[C@@H](C)[C@@H](O)[C@@H](C)[C@H](OC(C)=O)[C@@H]1C. The molecule has 4 aliphatic heterocycles. The number of hydrogen-bond acceptors (Lipinski definition) is 14. The third kappa shape index (κ3) is 8.95. The molecule has 6 rings (SSSR count). The van der Waals surface area contributed by atoms with Crippen LogP contribution in [-0.2, 0) is 23.8 Å². The van der Waals surface area contributed by atoms with Gasteiger partial charge in [-0.1, -0.05) is 59.8 Å². The van der Waals surface area contributed by atoms with E-state index in [9.17, 15) is 39.9 Å². The smallest absolute Gasteiger partial charge is 0.312 e. The lowest BCUT2D eigenvalue weighted by Gasteiger charge is -2.38. The molecule has 1 amide bonds. The number of amides is 1. The van der Waals surface area contributed by atoms with Gasteiger partial charge in [0.05, 0.1) is 35.5 Å². The van der Waals surface area contributed by atoms with Gasteiger partial charge in [-0.15, -0.1) is 0 Å². The van der Waals surface area contributed by atoms with Crippen LogP contribution in [-0.4, -0.2) is 118 Å². The number of esters is 1. The monoisotopic (exact) mass is 837 g/mol. The molecule has 4 heterocycles. The maximum atomic E-state index is 14.5. The molecule has 2 aromatic rings. The molecule has 6 N–H and O–H groups in total. The first-order valence-corrected chi connectivity index (χ1v) is 20.7. The van der Waals surface area contributed by atoms with Crippen molar-refractivity contribution in [1.82, 2.24) is 4.90 Å². The minimum Gasteiger partial charge on any atom is -0.507 e. The number of fused-ring (bicyclic) bond motifs is 14. The summed E-state index contributed by atoms with van der Waals surface area (Å²) in [6.45, 7) is 19.8. The quantitative estimate of drug-likeness (QED) is 0.124. The first-order valence-electron chi connectivity index (χ1n) is 20.7. The number of methoxy groups -OCH3 is 1. The van der Waals surface area contributed by atoms with Crippen molar-refractivity contribution >= 4 is 39.8 Å². The van der Waals surface area contributed by atoms with Gasteiger partial charge in [-0.05, 0) is 25.8 Å². The lowest BCUT2D eigenvalue weighted by Crippen LogP contribution is -2.47. The highest BCUT2D eigenvalue weighted by molar-refractivity contribution is 6.23. The fraction of sp³-hybridized carbons (Fsp3) is 0.578. The van der Waals surface area contributed by atoms with Gasteiger partial charge >= 0.3 is 11.8 Å². The summed E-state index contributed by atoms with van der Waals surface area (Å²) in [4.78, 5) is 44.9. The van der Waals surface area contributed by atoms with Crippen LogP contribution >= 0.6 is 0 Å². The Kier molecular flexibility index (Phi) is 14.2. The average molecular weight is 838 g/mol.